The molecule has 0 saturated carbocycles. The van der Waals surface area contributed by atoms with Crippen LogP contribution in [0.3, 0.4) is 0 Å². The lowest BCUT2D eigenvalue weighted by Crippen LogP contribution is -2.12. The van der Waals surface area contributed by atoms with Gasteiger partial charge in [0.2, 0.25) is 0 Å². The molecule has 3 N–H and O–H groups in total. The van der Waals surface area contributed by atoms with Gasteiger partial charge in [-0.25, -0.2) is 0 Å². The molecule has 110 valence electrons. The molecule has 0 atom stereocenters. The number of carbonyl (C=O) groups excluding carboxylic acids is 1. The van der Waals surface area contributed by atoms with E-state index in [2.05, 4.69) is 5.32 Å². The Kier molecular flexibility index (Phi) is 4.48. The van der Waals surface area contributed by atoms with Crippen molar-refractivity contribution in [1.29, 1.82) is 0 Å². The third-order valence-corrected chi connectivity index (χ3v) is 3.03. The minimum Gasteiger partial charge on any atom is -0.491 e. The van der Waals surface area contributed by atoms with Gasteiger partial charge in [-0.15, -0.1) is 0 Å². The fourth-order valence-electron chi connectivity index (χ4n) is 1.87. The summed E-state index contributed by atoms with van der Waals surface area (Å²) in [5.41, 5.74) is 8.66. The van der Waals surface area contributed by atoms with Crippen LogP contribution in [0, 0.1) is 6.92 Å². The smallest absolute Gasteiger partial charge is 0.255 e. The number of hydrogen-bond donors (Lipinski definition) is 2. The number of ether oxygens (including phenoxy) is 1. The fourth-order valence-corrected chi connectivity index (χ4v) is 1.87. The highest BCUT2D eigenvalue weighted by atomic mass is 16.5. The third kappa shape index (κ3) is 3.99. The molecule has 0 saturated heterocycles. The summed E-state index contributed by atoms with van der Waals surface area (Å²) >= 11 is 0. The van der Waals surface area contributed by atoms with Crippen molar-refractivity contribution in [2.45, 2.75) is 26.9 Å². The van der Waals surface area contributed by atoms with Crippen molar-refractivity contribution in [3.8, 4) is 5.75 Å². The maximum Gasteiger partial charge on any atom is 0.255 e. The van der Waals surface area contributed by atoms with Crippen LogP contribution in [0.15, 0.2) is 42.5 Å². The first kappa shape index (κ1) is 14.9. The molecular formula is C17H20N2O2. The number of hydrogen-bond acceptors (Lipinski definition) is 3. The number of carbonyl (C=O) groups is 1. The molecule has 0 unspecified atom stereocenters. The van der Waals surface area contributed by atoms with E-state index in [0.717, 1.165) is 17.0 Å². The molecule has 0 fully saturated rings. The number of nitrogens with one attached hydrogen (secondary N) is 1. The Balaban J connectivity index is 2.06. The normalized spacial score (nSPS) is 10.5. The molecule has 0 radical (unpaired) electrons. The number of nitrogen functional groups attached to an aromatic ring is 1. The summed E-state index contributed by atoms with van der Waals surface area (Å²) in [4.78, 5) is 12.1. The second kappa shape index (κ2) is 6.31. The van der Waals surface area contributed by atoms with Crippen molar-refractivity contribution in [2.24, 2.45) is 0 Å². The summed E-state index contributed by atoms with van der Waals surface area (Å²) in [6.07, 6.45) is 0.126. The van der Waals surface area contributed by atoms with Crippen molar-refractivity contribution in [3.63, 3.8) is 0 Å². The molecule has 1 amide bonds. The standard InChI is InChI=1S/C17H20N2O2/c1-11(2)21-15-8-6-14(7-9-15)19-17(20)13-5-4-12(3)16(18)10-13/h4-11H,18H2,1-3H3,(H,19,20). The summed E-state index contributed by atoms with van der Waals surface area (Å²) in [5.74, 6) is 0.599. The lowest BCUT2D eigenvalue weighted by atomic mass is 10.1. The van der Waals surface area contributed by atoms with E-state index in [4.69, 9.17) is 10.5 Å². The predicted octanol–water partition coefficient (Wildman–Crippen LogP) is 3.62. The Morgan fingerprint density at radius 2 is 1.81 bits per heavy atom. The summed E-state index contributed by atoms with van der Waals surface area (Å²) < 4.78 is 5.56. The highest BCUT2D eigenvalue weighted by Gasteiger charge is 2.07. The molecule has 4 heteroatoms. The van der Waals surface area contributed by atoms with Gasteiger partial charge in [0, 0.05) is 16.9 Å². The fraction of sp³-hybridized carbons (Fsp3) is 0.235. The molecule has 0 aliphatic heterocycles. The Morgan fingerprint density at radius 1 is 1.14 bits per heavy atom. The van der Waals surface area contributed by atoms with Crippen LogP contribution in [0.4, 0.5) is 11.4 Å². The van der Waals surface area contributed by atoms with Crippen molar-refractivity contribution >= 4 is 17.3 Å². The van der Waals surface area contributed by atoms with Gasteiger partial charge in [-0.2, -0.15) is 0 Å². The minimum atomic E-state index is -0.181. The van der Waals surface area contributed by atoms with E-state index in [1.807, 2.05) is 51.1 Å². The van der Waals surface area contributed by atoms with Crippen LogP contribution in [0.5, 0.6) is 5.75 Å². The molecule has 0 bridgehead atoms. The zero-order chi connectivity index (χ0) is 15.4. The van der Waals surface area contributed by atoms with Crippen LogP contribution in [0.1, 0.15) is 29.8 Å². The van der Waals surface area contributed by atoms with Gasteiger partial charge >= 0.3 is 0 Å². The first-order valence-electron chi connectivity index (χ1n) is 6.90. The maximum absolute atomic E-state index is 12.1. The molecule has 0 spiro atoms. The quantitative estimate of drug-likeness (QED) is 0.843. The first-order chi connectivity index (χ1) is 9.95. The molecule has 2 aromatic carbocycles. The number of aryl methyl sites for hydroxylation is 1. The molecule has 0 aliphatic rings. The largest absolute Gasteiger partial charge is 0.491 e. The van der Waals surface area contributed by atoms with Crippen LogP contribution < -0.4 is 15.8 Å². The van der Waals surface area contributed by atoms with Gasteiger partial charge in [-0.3, -0.25) is 4.79 Å². The van der Waals surface area contributed by atoms with Crippen molar-refractivity contribution < 1.29 is 9.53 Å². The summed E-state index contributed by atoms with van der Waals surface area (Å²) in [6.45, 7) is 5.85. The molecule has 4 nitrogen and oxygen atoms in total. The zero-order valence-corrected chi connectivity index (χ0v) is 12.5. The Labute approximate surface area is 124 Å². The predicted molar refractivity (Wildman–Crippen MR) is 85.8 cm³/mol. The molecule has 0 aromatic heterocycles. The van der Waals surface area contributed by atoms with Gasteiger partial charge in [0.15, 0.2) is 0 Å². The number of rotatable bonds is 4. The number of benzene rings is 2. The van der Waals surface area contributed by atoms with E-state index in [0.29, 0.717) is 11.3 Å². The van der Waals surface area contributed by atoms with Gasteiger partial charge in [0.25, 0.3) is 5.91 Å². The Hall–Kier alpha value is -2.49. The Bertz CT molecular complexity index is 634. The van der Waals surface area contributed by atoms with Crippen LogP contribution in [-0.2, 0) is 0 Å². The lowest BCUT2D eigenvalue weighted by Gasteiger charge is -2.11. The van der Waals surface area contributed by atoms with Crippen LogP contribution in [-0.4, -0.2) is 12.0 Å². The van der Waals surface area contributed by atoms with Gasteiger partial charge in [0.05, 0.1) is 6.10 Å². The second-order valence-corrected chi connectivity index (χ2v) is 5.22. The van der Waals surface area contributed by atoms with Crippen molar-refractivity contribution in [3.05, 3.63) is 53.6 Å². The van der Waals surface area contributed by atoms with Crippen molar-refractivity contribution in [1.82, 2.24) is 0 Å². The number of anilines is 2. The topological polar surface area (TPSA) is 64.3 Å². The SMILES string of the molecule is Cc1ccc(C(=O)Nc2ccc(OC(C)C)cc2)cc1N. The molecule has 2 rings (SSSR count). The van der Waals surface area contributed by atoms with Gasteiger partial charge < -0.3 is 15.8 Å². The third-order valence-electron chi connectivity index (χ3n) is 3.03. The molecular weight excluding hydrogens is 264 g/mol. The van der Waals surface area contributed by atoms with E-state index in [-0.39, 0.29) is 12.0 Å². The second-order valence-electron chi connectivity index (χ2n) is 5.22. The van der Waals surface area contributed by atoms with E-state index in [1.54, 1.807) is 12.1 Å². The highest BCUT2D eigenvalue weighted by Crippen LogP contribution is 2.18. The van der Waals surface area contributed by atoms with Gasteiger partial charge in [-0.05, 0) is 62.7 Å². The van der Waals surface area contributed by atoms with Gasteiger partial charge in [-0.1, -0.05) is 6.07 Å². The average molecular weight is 284 g/mol. The first-order valence-corrected chi connectivity index (χ1v) is 6.90. The number of nitrogens with two attached hydrogens (primary N) is 1. The monoisotopic (exact) mass is 284 g/mol. The maximum atomic E-state index is 12.1. The number of amides is 1. The van der Waals surface area contributed by atoms with Crippen LogP contribution >= 0.6 is 0 Å². The van der Waals surface area contributed by atoms with Gasteiger partial charge in [0.1, 0.15) is 5.75 Å². The molecule has 0 heterocycles. The van der Waals surface area contributed by atoms with Crippen LogP contribution in [0.25, 0.3) is 0 Å². The van der Waals surface area contributed by atoms with Crippen LogP contribution in [0.2, 0.25) is 0 Å². The van der Waals surface area contributed by atoms with E-state index in [9.17, 15) is 4.79 Å². The highest BCUT2D eigenvalue weighted by molar-refractivity contribution is 6.04. The summed E-state index contributed by atoms with van der Waals surface area (Å²) in [5, 5.41) is 2.84. The van der Waals surface area contributed by atoms with E-state index in [1.165, 1.54) is 0 Å². The average Bonchev–Trinajstić information content (AvgIpc) is 2.43. The zero-order valence-electron chi connectivity index (χ0n) is 12.5. The summed E-state index contributed by atoms with van der Waals surface area (Å²) in [7, 11) is 0. The van der Waals surface area contributed by atoms with Crippen molar-refractivity contribution in [2.75, 3.05) is 11.1 Å². The molecule has 2 aromatic rings. The van der Waals surface area contributed by atoms with E-state index >= 15 is 0 Å². The molecule has 21 heavy (non-hydrogen) atoms. The molecule has 0 aliphatic carbocycles. The Morgan fingerprint density at radius 3 is 2.38 bits per heavy atom. The van der Waals surface area contributed by atoms with E-state index < -0.39 is 0 Å². The minimum absolute atomic E-state index is 0.126. The lowest BCUT2D eigenvalue weighted by molar-refractivity contribution is 0.102. The summed E-state index contributed by atoms with van der Waals surface area (Å²) in [6, 6.07) is 12.6.